The lowest BCUT2D eigenvalue weighted by atomic mass is 10.1. The van der Waals surface area contributed by atoms with Crippen molar-refractivity contribution in [2.45, 2.75) is 32.2 Å². The number of Topliss-reactive ketones (excluding diaryl/α,β-unsaturated/α-hetero) is 1. The summed E-state index contributed by atoms with van der Waals surface area (Å²) in [4.78, 5) is 33.4. The summed E-state index contributed by atoms with van der Waals surface area (Å²) >= 11 is 0. The van der Waals surface area contributed by atoms with Crippen LogP contribution in [0.3, 0.4) is 0 Å². The van der Waals surface area contributed by atoms with Crippen molar-refractivity contribution < 1.29 is 28.2 Å². The Hall–Kier alpha value is -1.66. The second kappa shape index (κ2) is 9.38. The number of unbranched alkanes of at least 4 members (excludes halogenated alkanes) is 1. The van der Waals surface area contributed by atoms with Gasteiger partial charge in [-0.25, -0.2) is 9.18 Å². The molecule has 18 heavy (non-hydrogen) atoms. The molecule has 0 aliphatic heterocycles. The minimum absolute atomic E-state index is 0.205. The lowest BCUT2D eigenvalue weighted by molar-refractivity contribution is -0.142. The van der Waals surface area contributed by atoms with Crippen LogP contribution in [0.1, 0.15) is 26.2 Å². The van der Waals surface area contributed by atoms with Gasteiger partial charge in [-0.3, -0.25) is 9.59 Å². The van der Waals surface area contributed by atoms with Crippen LogP contribution in [0.15, 0.2) is 0 Å². The third kappa shape index (κ3) is 6.82. The van der Waals surface area contributed by atoms with Crippen LogP contribution in [0.25, 0.3) is 0 Å². The molecule has 0 heterocycles. The van der Waals surface area contributed by atoms with Gasteiger partial charge in [-0.1, -0.05) is 13.3 Å². The summed E-state index contributed by atoms with van der Waals surface area (Å²) in [6.45, 7) is 0.863. The first-order chi connectivity index (χ1) is 8.54. The number of halogens is 1. The molecule has 0 aromatic rings. The minimum Gasteiger partial charge on any atom is -0.469 e. The van der Waals surface area contributed by atoms with Gasteiger partial charge in [-0.15, -0.1) is 0 Å². The Labute approximate surface area is 105 Å². The Morgan fingerprint density at radius 1 is 1.33 bits per heavy atom. The molecule has 0 fully saturated rings. The van der Waals surface area contributed by atoms with Crippen LogP contribution in [-0.2, 0) is 19.1 Å². The maximum absolute atomic E-state index is 12.3. The topological polar surface area (TPSA) is 81.7 Å². The van der Waals surface area contributed by atoms with Crippen molar-refractivity contribution in [1.82, 2.24) is 5.32 Å². The smallest absolute Gasteiger partial charge is 0.407 e. The van der Waals surface area contributed by atoms with Gasteiger partial charge in [0.1, 0.15) is 12.7 Å². The SMILES string of the molecule is CCCCOC(=O)NC(CC(=O)OC)C(=O)CF. The van der Waals surface area contributed by atoms with Crippen LogP contribution < -0.4 is 5.32 Å². The molecule has 1 amide bonds. The van der Waals surface area contributed by atoms with E-state index in [-0.39, 0.29) is 6.61 Å². The third-order valence-corrected chi connectivity index (χ3v) is 2.14. The number of ether oxygens (including phenoxy) is 2. The molecule has 0 rings (SSSR count). The minimum atomic E-state index is -1.27. The van der Waals surface area contributed by atoms with Crippen molar-refractivity contribution in [3.05, 3.63) is 0 Å². The van der Waals surface area contributed by atoms with Crippen molar-refractivity contribution in [2.24, 2.45) is 0 Å². The number of methoxy groups -OCH3 is 1. The van der Waals surface area contributed by atoms with Gasteiger partial charge < -0.3 is 14.8 Å². The quantitative estimate of drug-likeness (QED) is 0.521. The summed E-state index contributed by atoms with van der Waals surface area (Å²) in [5.74, 6) is -1.61. The van der Waals surface area contributed by atoms with Crippen LogP contribution in [-0.4, -0.2) is 44.3 Å². The van der Waals surface area contributed by atoms with E-state index in [1.165, 1.54) is 0 Å². The fourth-order valence-electron chi connectivity index (χ4n) is 1.08. The number of carbonyl (C=O) groups excluding carboxylic acids is 3. The summed E-state index contributed by atoms with van der Waals surface area (Å²) in [6, 6.07) is -1.25. The van der Waals surface area contributed by atoms with Crippen LogP contribution in [0, 0.1) is 0 Å². The zero-order valence-corrected chi connectivity index (χ0v) is 10.5. The molecule has 0 aromatic heterocycles. The predicted octanol–water partition coefficient (Wildman–Crippen LogP) is 0.983. The molecule has 0 spiro atoms. The van der Waals surface area contributed by atoms with Gasteiger partial charge in [0.25, 0.3) is 0 Å². The highest BCUT2D eigenvalue weighted by Gasteiger charge is 2.24. The maximum Gasteiger partial charge on any atom is 0.407 e. The largest absolute Gasteiger partial charge is 0.469 e. The number of esters is 1. The summed E-state index contributed by atoms with van der Waals surface area (Å²) in [7, 11) is 1.14. The standard InChI is InChI=1S/C11H18FNO5/c1-3-4-5-18-11(16)13-8(9(14)7-12)6-10(15)17-2/h8H,3-7H2,1-2H3,(H,13,16). The first-order valence-corrected chi connectivity index (χ1v) is 5.63. The highest BCUT2D eigenvalue weighted by atomic mass is 19.1. The maximum atomic E-state index is 12.3. The molecule has 1 unspecified atom stereocenters. The lowest BCUT2D eigenvalue weighted by Crippen LogP contribution is -2.43. The van der Waals surface area contributed by atoms with E-state index in [1.807, 2.05) is 6.92 Å². The molecule has 0 aromatic carbocycles. The van der Waals surface area contributed by atoms with E-state index in [0.29, 0.717) is 6.42 Å². The Morgan fingerprint density at radius 3 is 2.50 bits per heavy atom. The number of ketones is 1. The number of alkyl carbamates (subject to hydrolysis) is 1. The average molecular weight is 263 g/mol. The molecule has 0 saturated carbocycles. The van der Waals surface area contributed by atoms with E-state index in [9.17, 15) is 18.8 Å². The van der Waals surface area contributed by atoms with Gasteiger partial charge >= 0.3 is 12.1 Å². The lowest BCUT2D eigenvalue weighted by Gasteiger charge is -2.14. The fraction of sp³-hybridized carbons (Fsp3) is 0.727. The summed E-state index contributed by atoms with van der Waals surface area (Å²) in [6.07, 6.45) is 0.274. The third-order valence-electron chi connectivity index (χ3n) is 2.14. The Bertz CT molecular complexity index is 295. The molecule has 0 saturated heterocycles. The second-order valence-corrected chi connectivity index (χ2v) is 3.57. The van der Waals surface area contributed by atoms with Gasteiger partial charge in [0.15, 0.2) is 5.78 Å². The molecule has 7 heteroatoms. The first-order valence-electron chi connectivity index (χ1n) is 5.63. The Balaban J connectivity index is 4.26. The van der Waals surface area contributed by atoms with Crippen LogP contribution in [0.2, 0.25) is 0 Å². The number of hydrogen-bond donors (Lipinski definition) is 1. The van der Waals surface area contributed by atoms with E-state index in [0.717, 1.165) is 13.5 Å². The molecular weight excluding hydrogens is 245 g/mol. The molecule has 1 atom stereocenters. The fourth-order valence-corrected chi connectivity index (χ4v) is 1.08. The van der Waals surface area contributed by atoms with Crippen molar-refractivity contribution in [1.29, 1.82) is 0 Å². The van der Waals surface area contributed by atoms with Crippen LogP contribution in [0.4, 0.5) is 9.18 Å². The predicted molar refractivity (Wildman–Crippen MR) is 60.8 cm³/mol. The number of rotatable bonds is 8. The van der Waals surface area contributed by atoms with Crippen molar-refractivity contribution in [3.8, 4) is 0 Å². The summed E-state index contributed by atoms with van der Waals surface area (Å²) < 4.78 is 21.4. The molecule has 0 radical (unpaired) electrons. The van der Waals surface area contributed by atoms with E-state index in [2.05, 4.69) is 10.1 Å². The van der Waals surface area contributed by atoms with Gasteiger partial charge in [0.2, 0.25) is 0 Å². The van der Waals surface area contributed by atoms with E-state index in [4.69, 9.17) is 4.74 Å². The molecule has 6 nitrogen and oxygen atoms in total. The highest BCUT2D eigenvalue weighted by molar-refractivity contribution is 5.91. The van der Waals surface area contributed by atoms with Crippen molar-refractivity contribution in [2.75, 3.05) is 20.4 Å². The molecule has 104 valence electrons. The molecular formula is C11H18FNO5. The Morgan fingerprint density at radius 2 is 2.00 bits per heavy atom. The first kappa shape index (κ1) is 16.3. The zero-order chi connectivity index (χ0) is 14.0. The van der Waals surface area contributed by atoms with Crippen molar-refractivity contribution in [3.63, 3.8) is 0 Å². The summed E-state index contributed by atoms with van der Waals surface area (Å²) in [5.41, 5.74) is 0. The second-order valence-electron chi connectivity index (χ2n) is 3.57. The van der Waals surface area contributed by atoms with E-state index in [1.54, 1.807) is 0 Å². The highest BCUT2D eigenvalue weighted by Crippen LogP contribution is 1.99. The monoisotopic (exact) mass is 263 g/mol. The number of hydrogen-bond acceptors (Lipinski definition) is 5. The van der Waals surface area contributed by atoms with Gasteiger partial charge in [-0.2, -0.15) is 0 Å². The van der Waals surface area contributed by atoms with Gasteiger partial charge in [0.05, 0.1) is 20.1 Å². The number of amides is 1. The van der Waals surface area contributed by atoms with Gasteiger partial charge in [-0.05, 0) is 6.42 Å². The van der Waals surface area contributed by atoms with Crippen LogP contribution in [0.5, 0.6) is 0 Å². The molecule has 0 aliphatic carbocycles. The van der Waals surface area contributed by atoms with E-state index < -0.39 is 37.0 Å². The molecule has 0 bridgehead atoms. The summed E-state index contributed by atoms with van der Waals surface area (Å²) in [5, 5.41) is 2.14. The van der Waals surface area contributed by atoms with E-state index >= 15 is 0 Å². The normalized spacial score (nSPS) is 11.5. The van der Waals surface area contributed by atoms with Crippen LogP contribution >= 0.6 is 0 Å². The zero-order valence-electron chi connectivity index (χ0n) is 10.5. The Kier molecular flexibility index (Phi) is 8.51. The van der Waals surface area contributed by atoms with Gasteiger partial charge in [0, 0.05) is 0 Å². The number of alkyl halides is 1. The number of nitrogens with one attached hydrogen (secondary N) is 1. The molecule has 1 N–H and O–H groups in total. The number of carbonyl (C=O) groups is 3. The average Bonchev–Trinajstić information content (AvgIpc) is 2.37. The molecule has 0 aliphatic rings. The van der Waals surface area contributed by atoms with Crippen molar-refractivity contribution >= 4 is 17.8 Å².